The second kappa shape index (κ2) is 8.75. The van der Waals surface area contributed by atoms with E-state index in [0.29, 0.717) is 25.9 Å². The lowest BCUT2D eigenvalue weighted by molar-refractivity contribution is -0.149. The standard InChI is InChI=1S/C17H21ClN2O6/c1-24-14-8-13(19)12(18)7-11(14)17(23)26-9-15(21)20-5-3-10(4-6-20)16(22)25-2/h7-8,10H,3-6,9,19H2,1-2H3. The summed E-state index contributed by atoms with van der Waals surface area (Å²) in [6, 6.07) is 2.75. The number of rotatable bonds is 5. The Balaban J connectivity index is 1.91. The van der Waals surface area contributed by atoms with Crippen LogP contribution in [0.3, 0.4) is 0 Å². The van der Waals surface area contributed by atoms with E-state index in [4.69, 9.17) is 31.5 Å². The molecule has 26 heavy (non-hydrogen) atoms. The number of amides is 1. The summed E-state index contributed by atoms with van der Waals surface area (Å²) in [5.74, 6) is -1.32. The maximum Gasteiger partial charge on any atom is 0.342 e. The molecule has 0 saturated carbocycles. The first kappa shape index (κ1) is 19.8. The SMILES string of the molecule is COC(=O)C1CCN(C(=O)COC(=O)c2cc(Cl)c(N)cc2OC)CC1. The van der Waals surface area contributed by atoms with E-state index in [1.807, 2.05) is 0 Å². The molecule has 1 aromatic rings. The second-order valence-electron chi connectivity index (χ2n) is 5.83. The van der Waals surface area contributed by atoms with Gasteiger partial charge in [-0.05, 0) is 18.9 Å². The number of nitrogens with two attached hydrogens (primary N) is 1. The van der Waals surface area contributed by atoms with Crippen LogP contribution in [0.2, 0.25) is 5.02 Å². The molecule has 1 aliphatic rings. The summed E-state index contributed by atoms with van der Waals surface area (Å²) in [6.07, 6.45) is 1.04. The van der Waals surface area contributed by atoms with Gasteiger partial charge in [0.25, 0.3) is 5.91 Å². The molecule has 1 fully saturated rings. The van der Waals surface area contributed by atoms with Crippen LogP contribution in [0.15, 0.2) is 12.1 Å². The number of esters is 2. The van der Waals surface area contributed by atoms with Crippen molar-refractivity contribution in [2.75, 3.05) is 39.6 Å². The average molecular weight is 385 g/mol. The number of anilines is 1. The summed E-state index contributed by atoms with van der Waals surface area (Å²) in [5, 5.41) is 0.189. The number of piperidine rings is 1. The number of nitrogens with zero attached hydrogens (tertiary/aromatic N) is 1. The van der Waals surface area contributed by atoms with Crippen LogP contribution in [0.4, 0.5) is 5.69 Å². The number of benzene rings is 1. The minimum atomic E-state index is -0.735. The van der Waals surface area contributed by atoms with Crippen molar-refractivity contribution in [3.8, 4) is 5.75 Å². The van der Waals surface area contributed by atoms with E-state index in [9.17, 15) is 14.4 Å². The molecule has 1 saturated heterocycles. The van der Waals surface area contributed by atoms with Crippen LogP contribution in [-0.2, 0) is 19.1 Å². The highest BCUT2D eigenvalue weighted by molar-refractivity contribution is 6.33. The van der Waals surface area contributed by atoms with Gasteiger partial charge in [0.2, 0.25) is 0 Å². The van der Waals surface area contributed by atoms with Gasteiger partial charge in [-0.25, -0.2) is 4.79 Å². The zero-order chi connectivity index (χ0) is 19.3. The molecule has 2 rings (SSSR count). The molecule has 0 bridgehead atoms. The fourth-order valence-electron chi connectivity index (χ4n) is 2.73. The number of hydrogen-bond donors (Lipinski definition) is 1. The van der Waals surface area contributed by atoms with Crippen molar-refractivity contribution in [2.24, 2.45) is 5.92 Å². The highest BCUT2D eigenvalue weighted by Gasteiger charge is 2.28. The largest absolute Gasteiger partial charge is 0.496 e. The van der Waals surface area contributed by atoms with Gasteiger partial charge in [-0.2, -0.15) is 0 Å². The Labute approximate surface area is 156 Å². The summed E-state index contributed by atoms with van der Waals surface area (Å²) in [4.78, 5) is 37.5. The quantitative estimate of drug-likeness (QED) is 0.605. The molecular weight excluding hydrogens is 364 g/mol. The third-order valence-electron chi connectivity index (χ3n) is 4.25. The monoisotopic (exact) mass is 384 g/mol. The Morgan fingerprint density at radius 3 is 2.46 bits per heavy atom. The van der Waals surface area contributed by atoms with Crippen molar-refractivity contribution in [1.29, 1.82) is 0 Å². The fourth-order valence-corrected chi connectivity index (χ4v) is 2.89. The molecular formula is C17H21ClN2O6. The maximum atomic E-state index is 12.2. The van der Waals surface area contributed by atoms with Gasteiger partial charge in [-0.1, -0.05) is 11.6 Å². The molecule has 0 spiro atoms. The van der Waals surface area contributed by atoms with Crippen LogP contribution in [0.5, 0.6) is 5.75 Å². The second-order valence-corrected chi connectivity index (χ2v) is 6.24. The number of ether oxygens (including phenoxy) is 3. The van der Waals surface area contributed by atoms with Crippen LogP contribution in [-0.4, -0.2) is 56.7 Å². The normalized spacial score (nSPS) is 14.7. The Kier molecular flexibility index (Phi) is 6.68. The predicted molar refractivity (Wildman–Crippen MR) is 94.0 cm³/mol. The van der Waals surface area contributed by atoms with Gasteiger partial charge in [-0.15, -0.1) is 0 Å². The molecule has 1 amide bonds. The van der Waals surface area contributed by atoms with Gasteiger partial charge < -0.3 is 24.8 Å². The summed E-state index contributed by atoms with van der Waals surface area (Å²) >= 11 is 5.92. The van der Waals surface area contributed by atoms with E-state index in [1.54, 1.807) is 4.90 Å². The average Bonchev–Trinajstić information content (AvgIpc) is 2.66. The third-order valence-corrected chi connectivity index (χ3v) is 4.57. The summed E-state index contributed by atoms with van der Waals surface area (Å²) < 4.78 is 14.9. The van der Waals surface area contributed by atoms with Crippen molar-refractivity contribution in [2.45, 2.75) is 12.8 Å². The highest BCUT2D eigenvalue weighted by Crippen LogP contribution is 2.29. The lowest BCUT2D eigenvalue weighted by Gasteiger charge is -2.30. The predicted octanol–water partition coefficient (Wildman–Crippen LogP) is 1.50. The molecule has 0 aromatic heterocycles. The molecule has 8 nitrogen and oxygen atoms in total. The van der Waals surface area contributed by atoms with E-state index in [-0.39, 0.29) is 39.8 Å². The van der Waals surface area contributed by atoms with Crippen LogP contribution in [0.1, 0.15) is 23.2 Å². The molecule has 1 aromatic carbocycles. The number of carbonyl (C=O) groups is 3. The Morgan fingerprint density at radius 2 is 1.88 bits per heavy atom. The lowest BCUT2D eigenvalue weighted by atomic mass is 9.97. The first-order valence-electron chi connectivity index (χ1n) is 8.03. The Hall–Kier alpha value is -2.48. The van der Waals surface area contributed by atoms with Gasteiger partial charge in [0, 0.05) is 19.2 Å². The summed E-state index contributed by atoms with van der Waals surface area (Å²) in [5.41, 5.74) is 6.02. The van der Waals surface area contributed by atoms with E-state index in [0.717, 1.165) is 0 Å². The molecule has 2 N–H and O–H groups in total. The molecule has 9 heteroatoms. The molecule has 0 radical (unpaired) electrons. The number of methoxy groups -OCH3 is 2. The summed E-state index contributed by atoms with van der Waals surface area (Å²) in [6.45, 7) is 0.410. The van der Waals surface area contributed by atoms with E-state index >= 15 is 0 Å². The fraction of sp³-hybridized carbons (Fsp3) is 0.471. The number of hydrogen-bond acceptors (Lipinski definition) is 7. The topological polar surface area (TPSA) is 108 Å². The van der Waals surface area contributed by atoms with Crippen LogP contribution >= 0.6 is 11.6 Å². The van der Waals surface area contributed by atoms with Gasteiger partial charge >= 0.3 is 11.9 Å². The molecule has 1 aliphatic heterocycles. The maximum absolute atomic E-state index is 12.2. The zero-order valence-electron chi connectivity index (χ0n) is 14.6. The zero-order valence-corrected chi connectivity index (χ0v) is 15.4. The van der Waals surface area contributed by atoms with Crippen molar-refractivity contribution >= 4 is 35.1 Å². The van der Waals surface area contributed by atoms with Gasteiger partial charge in [0.05, 0.1) is 30.8 Å². The van der Waals surface area contributed by atoms with Crippen LogP contribution in [0, 0.1) is 5.92 Å². The highest BCUT2D eigenvalue weighted by atomic mass is 35.5. The smallest absolute Gasteiger partial charge is 0.342 e. The Bertz CT molecular complexity index is 701. The first-order valence-corrected chi connectivity index (χ1v) is 8.41. The number of nitrogen functional groups attached to an aromatic ring is 1. The molecule has 0 aliphatic carbocycles. The van der Waals surface area contributed by atoms with E-state index in [2.05, 4.69) is 0 Å². The van der Waals surface area contributed by atoms with Gasteiger partial charge in [-0.3, -0.25) is 9.59 Å². The van der Waals surface area contributed by atoms with Gasteiger partial charge in [0.15, 0.2) is 6.61 Å². The van der Waals surface area contributed by atoms with Crippen LogP contribution < -0.4 is 10.5 Å². The molecule has 142 valence electrons. The third kappa shape index (κ3) is 4.57. The first-order chi connectivity index (χ1) is 12.4. The van der Waals surface area contributed by atoms with Crippen molar-refractivity contribution in [1.82, 2.24) is 4.90 Å². The number of carbonyl (C=O) groups excluding carboxylic acids is 3. The van der Waals surface area contributed by atoms with Crippen molar-refractivity contribution in [3.05, 3.63) is 22.7 Å². The lowest BCUT2D eigenvalue weighted by Crippen LogP contribution is -2.42. The molecule has 0 atom stereocenters. The van der Waals surface area contributed by atoms with Crippen molar-refractivity contribution in [3.63, 3.8) is 0 Å². The van der Waals surface area contributed by atoms with Crippen molar-refractivity contribution < 1.29 is 28.6 Å². The van der Waals surface area contributed by atoms with E-state index < -0.39 is 12.6 Å². The molecule has 0 unspecified atom stereocenters. The minimum absolute atomic E-state index is 0.0869. The summed E-state index contributed by atoms with van der Waals surface area (Å²) in [7, 11) is 2.73. The number of likely N-dealkylation sites (tertiary alicyclic amines) is 1. The minimum Gasteiger partial charge on any atom is -0.496 e. The van der Waals surface area contributed by atoms with E-state index in [1.165, 1.54) is 26.4 Å². The molecule has 1 heterocycles. The van der Waals surface area contributed by atoms with Crippen LogP contribution in [0.25, 0.3) is 0 Å². The van der Waals surface area contributed by atoms with Gasteiger partial charge in [0.1, 0.15) is 11.3 Å². The Morgan fingerprint density at radius 1 is 1.23 bits per heavy atom. The number of halogens is 1.